The summed E-state index contributed by atoms with van der Waals surface area (Å²) in [6, 6.07) is 8.89. The molecular weight excluding hydrogens is 228 g/mol. The molecule has 2 nitrogen and oxygen atoms in total. The molecule has 1 aliphatic heterocycles. The SMILES string of the molecule is CCN1CCC(c2cccc(NSC)c2)CC1. The Hall–Kier alpha value is -0.670. The Morgan fingerprint density at radius 2 is 2.12 bits per heavy atom. The number of piperidine rings is 1. The van der Waals surface area contributed by atoms with Gasteiger partial charge < -0.3 is 9.62 Å². The molecular formula is C14H22N2S. The van der Waals surface area contributed by atoms with E-state index in [-0.39, 0.29) is 0 Å². The third kappa shape index (κ3) is 3.39. The third-order valence-electron chi connectivity index (χ3n) is 3.61. The van der Waals surface area contributed by atoms with Gasteiger partial charge in [0, 0.05) is 11.9 Å². The molecule has 1 fully saturated rings. The maximum Gasteiger partial charge on any atom is 0.0442 e. The fourth-order valence-electron chi connectivity index (χ4n) is 2.56. The van der Waals surface area contributed by atoms with Crippen molar-refractivity contribution >= 4 is 17.6 Å². The van der Waals surface area contributed by atoms with Crippen LogP contribution < -0.4 is 4.72 Å². The number of anilines is 1. The predicted octanol–water partition coefficient (Wildman–Crippen LogP) is 3.58. The van der Waals surface area contributed by atoms with Gasteiger partial charge in [-0.05, 0) is 56.1 Å². The van der Waals surface area contributed by atoms with Crippen molar-refractivity contribution in [3.05, 3.63) is 29.8 Å². The minimum atomic E-state index is 0.751. The van der Waals surface area contributed by atoms with Crippen LogP contribution in [0.25, 0.3) is 0 Å². The van der Waals surface area contributed by atoms with Crippen LogP contribution in [0.15, 0.2) is 24.3 Å². The molecule has 1 aromatic rings. The van der Waals surface area contributed by atoms with Crippen molar-refractivity contribution in [2.45, 2.75) is 25.7 Å². The molecule has 0 aliphatic carbocycles. The van der Waals surface area contributed by atoms with Gasteiger partial charge in [0.2, 0.25) is 0 Å². The number of nitrogens with one attached hydrogen (secondary N) is 1. The van der Waals surface area contributed by atoms with Gasteiger partial charge >= 0.3 is 0 Å². The molecule has 1 aromatic carbocycles. The zero-order valence-electron chi connectivity index (χ0n) is 10.8. The Balaban J connectivity index is 2.00. The number of nitrogens with zero attached hydrogens (tertiary/aromatic N) is 1. The Morgan fingerprint density at radius 1 is 1.35 bits per heavy atom. The molecule has 0 spiro atoms. The second kappa shape index (κ2) is 6.31. The molecule has 0 bridgehead atoms. The highest BCUT2D eigenvalue weighted by molar-refractivity contribution is 7.99. The minimum Gasteiger partial charge on any atom is -0.330 e. The first-order chi connectivity index (χ1) is 8.33. The second-order valence-corrected chi connectivity index (χ2v) is 5.25. The van der Waals surface area contributed by atoms with E-state index >= 15 is 0 Å². The van der Waals surface area contributed by atoms with Gasteiger partial charge in [-0.25, -0.2) is 0 Å². The molecule has 0 atom stereocenters. The van der Waals surface area contributed by atoms with Gasteiger partial charge in [-0.3, -0.25) is 0 Å². The minimum absolute atomic E-state index is 0.751. The summed E-state index contributed by atoms with van der Waals surface area (Å²) in [6.45, 7) is 5.95. The van der Waals surface area contributed by atoms with Gasteiger partial charge in [0.25, 0.3) is 0 Å². The molecule has 1 N–H and O–H groups in total. The maximum absolute atomic E-state index is 3.31. The summed E-state index contributed by atoms with van der Waals surface area (Å²) in [6.07, 6.45) is 4.67. The van der Waals surface area contributed by atoms with E-state index in [0.717, 1.165) is 5.92 Å². The van der Waals surface area contributed by atoms with Crippen molar-refractivity contribution < 1.29 is 0 Å². The van der Waals surface area contributed by atoms with Crippen molar-refractivity contribution in [2.75, 3.05) is 30.6 Å². The molecule has 1 aliphatic rings. The molecule has 0 aromatic heterocycles. The lowest BCUT2D eigenvalue weighted by Gasteiger charge is -2.31. The molecule has 94 valence electrons. The number of benzene rings is 1. The lowest BCUT2D eigenvalue weighted by molar-refractivity contribution is 0.222. The van der Waals surface area contributed by atoms with Crippen LogP contribution in [0.3, 0.4) is 0 Å². The lowest BCUT2D eigenvalue weighted by Crippen LogP contribution is -2.32. The van der Waals surface area contributed by atoms with Crippen LogP contribution in [0.4, 0.5) is 5.69 Å². The summed E-state index contributed by atoms with van der Waals surface area (Å²) in [5.41, 5.74) is 2.73. The predicted molar refractivity (Wildman–Crippen MR) is 77.7 cm³/mol. The first-order valence-electron chi connectivity index (χ1n) is 6.44. The van der Waals surface area contributed by atoms with Gasteiger partial charge in [0.1, 0.15) is 0 Å². The molecule has 1 heterocycles. The van der Waals surface area contributed by atoms with Gasteiger partial charge in [0.15, 0.2) is 0 Å². The Kier molecular flexibility index (Phi) is 4.75. The molecule has 0 saturated carbocycles. The number of hydrogen-bond donors (Lipinski definition) is 1. The van der Waals surface area contributed by atoms with E-state index in [1.807, 2.05) is 0 Å². The van der Waals surface area contributed by atoms with Crippen molar-refractivity contribution in [1.82, 2.24) is 4.90 Å². The number of hydrogen-bond acceptors (Lipinski definition) is 3. The standard InChI is InChI=1S/C14H22N2S/c1-3-16-9-7-12(8-10-16)13-5-4-6-14(11-13)15-17-2/h4-6,11-12,15H,3,7-10H2,1-2H3. The average molecular weight is 250 g/mol. The van der Waals surface area contributed by atoms with Crippen LogP contribution in [0, 0.1) is 0 Å². The summed E-state index contributed by atoms with van der Waals surface area (Å²) in [4.78, 5) is 2.54. The van der Waals surface area contributed by atoms with Crippen LogP contribution in [-0.2, 0) is 0 Å². The molecule has 0 unspecified atom stereocenters. The second-order valence-electron chi connectivity index (χ2n) is 4.64. The Morgan fingerprint density at radius 3 is 2.76 bits per heavy atom. The maximum atomic E-state index is 3.31. The fourth-order valence-corrected chi connectivity index (χ4v) is 2.92. The monoisotopic (exact) mass is 250 g/mol. The highest BCUT2D eigenvalue weighted by Crippen LogP contribution is 2.29. The number of rotatable bonds is 4. The summed E-state index contributed by atoms with van der Waals surface area (Å²) in [5, 5.41) is 0. The largest absolute Gasteiger partial charge is 0.330 e. The van der Waals surface area contributed by atoms with Crippen LogP contribution in [0.1, 0.15) is 31.2 Å². The van der Waals surface area contributed by atoms with Crippen molar-refractivity contribution in [1.29, 1.82) is 0 Å². The van der Waals surface area contributed by atoms with E-state index in [1.54, 1.807) is 11.9 Å². The quantitative estimate of drug-likeness (QED) is 0.822. The lowest BCUT2D eigenvalue weighted by atomic mass is 9.89. The Bertz CT molecular complexity index is 346. The van der Waals surface area contributed by atoms with Crippen molar-refractivity contribution in [3.63, 3.8) is 0 Å². The topological polar surface area (TPSA) is 15.3 Å². The fraction of sp³-hybridized carbons (Fsp3) is 0.571. The molecule has 17 heavy (non-hydrogen) atoms. The van der Waals surface area contributed by atoms with E-state index < -0.39 is 0 Å². The molecule has 2 rings (SSSR count). The van der Waals surface area contributed by atoms with E-state index in [4.69, 9.17) is 0 Å². The highest BCUT2D eigenvalue weighted by Gasteiger charge is 2.19. The summed E-state index contributed by atoms with van der Waals surface area (Å²) < 4.78 is 3.31. The average Bonchev–Trinajstić information content (AvgIpc) is 2.40. The summed E-state index contributed by atoms with van der Waals surface area (Å²) in [7, 11) is 0. The van der Waals surface area contributed by atoms with Gasteiger partial charge in [-0.2, -0.15) is 0 Å². The normalized spacial score (nSPS) is 18.2. The smallest absolute Gasteiger partial charge is 0.0442 e. The first-order valence-corrected chi connectivity index (χ1v) is 7.67. The van der Waals surface area contributed by atoms with Gasteiger partial charge in [-0.15, -0.1) is 0 Å². The van der Waals surface area contributed by atoms with E-state index in [9.17, 15) is 0 Å². The third-order valence-corrected chi connectivity index (χ3v) is 4.05. The molecule has 0 amide bonds. The zero-order chi connectivity index (χ0) is 12.1. The van der Waals surface area contributed by atoms with E-state index in [1.165, 1.54) is 43.7 Å². The van der Waals surface area contributed by atoms with E-state index in [0.29, 0.717) is 0 Å². The molecule has 0 radical (unpaired) electrons. The highest BCUT2D eigenvalue weighted by atomic mass is 32.2. The van der Waals surface area contributed by atoms with Crippen LogP contribution >= 0.6 is 11.9 Å². The van der Waals surface area contributed by atoms with Crippen LogP contribution in [0.2, 0.25) is 0 Å². The van der Waals surface area contributed by atoms with Gasteiger partial charge in [-0.1, -0.05) is 31.0 Å². The Labute approximate surface area is 109 Å². The first kappa shape index (κ1) is 12.8. The molecule has 1 saturated heterocycles. The van der Waals surface area contributed by atoms with Crippen LogP contribution in [0.5, 0.6) is 0 Å². The summed E-state index contributed by atoms with van der Waals surface area (Å²) in [5.74, 6) is 0.751. The van der Waals surface area contributed by atoms with Crippen molar-refractivity contribution in [2.24, 2.45) is 0 Å². The molecule has 3 heteroatoms. The van der Waals surface area contributed by atoms with E-state index in [2.05, 4.69) is 47.1 Å². The van der Waals surface area contributed by atoms with Crippen molar-refractivity contribution in [3.8, 4) is 0 Å². The number of likely N-dealkylation sites (tertiary alicyclic amines) is 1. The summed E-state index contributed by atoms with van der Waals surface area (Å²) >= 11 is 1.66. The van der Waals surface area contributed by atoms with Crippen LogP contribution in [-0.4, -0.2) is 30.8 Å². The zero-order valence-corrected chi connectivity index (χ0v) is 11.6. The van der Waals surface area contributed by atoms with Gasteiger partial charge in [0.05, 0.1) is 0 Å².